The number of aromatic nitrogens is 3. The fourth-order valence-electron chi connectivity index (χ4n) is 3.21. The van der Waals surface area contributed by atoms with Crippen molar-refractivity contribution >= 4 is 40.1 Å². The molecule has 8 nitrogen and oxygen atoms in total. The minimum atomic E-state index is -0.651. The molecule has 0 fully saturated rings. The Morgan fingerprint density at radius 2 is 2.10 bits per heavy atom. The van der Waals surface area contributed by atoms with Gasteiger partial charge in [-0.05, 0) is 23.8 Å². The number of aromatic amines is 1. The van der Waals surface area contributed by atoms with Crippen molar-refractivity contribution in [1.29, 1.82) is 0 Å². The number of nitrogens with one attached hydrogen (secondary N) is 1. The summed E-state index contributed by atoms with van der Waals surface area (Å²) in [6.45, 7) is 6.59. The summed E-state index contributed by atoms with van der Waals surface area (Å²) in [5.41, 5.74) is 5.70. The van der Waals surface area contributed by atoms with E-state index in [0.717, 1.165) is 22.7 Å². The van der Waals surface area contributed by atoms with Gasteiger partial charge in [0, 0.05) is 18.5 Å². The molecule has 166 valence electrons. The predicted octanol–water partition coefficient (Wildman–Crippen LogP) is 3.34. The van der Waals surface area contributed by atoms with Gasteiger partial charge in [0.25, 0.3) is 5.56 Å². The van der Waals surface area contributed by atoms with Crippen molar-refractivity contribution in [3.05, 3.63) is 49.4 Å². The van der Waals surface area contributed by atoms with Gasteiger partial charge in [0.05, 0.1) is 17.0 Å². The van der Waals surface area contributed by atoms with E-state index in [1.807, 2.05) is 43.7 Å². The summed E-state index contributed by atoms with van der Waals surface area (Å²) in [5.74, 6) is -0.167. The molecule has 1 amide bonds. The number of hydrogen-bond donors (Lipinski definition) is 2. The molecule has 3 aromatic rings. The zero-order chi connectivity index (χ0) is 22.5. The van der Waals surface area contributed by atoms with Gasteiger partial charge in [0.1, 0.15) is 10.8 Å². The first-order valence-corrected chi connectivity index (χ1v) is 12.0. The molecule has 0 unspecified atom stereocenters. The van der Waals surface area contributed by atoms with E-state index in [2.05, 4.69) is 9.97 Å². The number of nitrogens with zero attached hydrogens (tertiary/aromatic N) is 3. The fraction of sp³-hybridized carbons (Fsp3) is 0.429. The van der Waals surface area contributed by atoms with E-state index in [1.165, 1.54) is 20.8 Å². The molecule has 3 aromatic heterocycles. The Labute approximate surface area is 188 Å². The van der Waals surface area contributed by atoms with E-state index >= 15 is 0 Å². The van der Waals surface area contributed by atoms with Crippen LogP contribution in [0.2, 0.25) is 0 Å². The Bertz CT molecular complexity index is 1140. The number of hydrogen-bond acceptors (Lipinski definition) is 7. The van der Waals surface area contributed by atoms with Crippen molar-refractivity contribution < 1.29 is 4.79 Å². The van der Waals surface area contributed by atoms with Gasteiger partial charge in [-0.25, -0.2) is 9.78 Å². The second-order valence-corrected chi connectivity index (χ2v) is 9.50. The number of nitrogens with two attached hydrogens (primary N) is 1. The Kier molecular flexibility index (Phi) is 7.45. The van der Waals surface area contributed by atoms with E-state index in [1.54, 1.807) is 11.3 Å². The van der Waals surface area contributed by atoms with Crippen molar-refractivity contribution in [2.24, 2.45) is 5.92 Å². The Morgan fingerprint density at radius 3 is 2.74 bits per heavy atom. The lowest BCUT2D eigenvalue weighted by Crippen LogP contribution is -2.43. The third-order valence-corrected chi connectivity index (χ3v) is 6.61. The number of nitrogen functional groups attached to an aromatic ring is 1. The molecule has 0 aliphatic heterocycles. The van der Waals surface area contributed by atoms with Gasteiger partial charge in [0.2, 0.25) is 5.91 Å². The van der Waals surface area contributed by atoms with E-state index in [0.29, 0.717) is 18.8 Å². The zero-order valence-electron chi connectivity index (χ0n) is 17.9. The lowest BCUT2D eigenvalue weighted by molar-refractivity contribution is -0.118. The van der Waals surface area contributed by atoms with Crippen LogP contribution >= 0.6 is 22.7 Å². The van der Waals surface area contributed by atoms with E-state index in [9.17, 15) is 14.4 Å². The third kappa shape index (κ3) is 5.31. The summed E-state index contributed by atoms with van der Waals surface area (Å²) in [4.78, 5) is 47.5. The predicted molar refractivity (Wildman–Crippen MR) is 127 cm³/mol. The highest BCUT2D eigenvalue weighted by atomic mass is 32.1. The van der Waals surface area contributed by atoms with Crippen molar-refractivity contribution in [2.75, 3.05) is 17.2 Å². The SMILES string of the molecule is CCCCn1c(N)c(N(CC(C)C)C(=O)Cc2csc(-c3cccs3)n2)c(=O)[nH]c1=O. The lowest BCUT2D eigenvalue weighted by Gasteiger charge is -2.26. The van der Waals surface area contributed by atoms with Crippen LogP contribution in [-0.4, -0.2) is 27.0 Å². The highest BCUT2D eigenvalue weighted by Gasteiger charge is 2.25. The summed E-state index contributed by atoms with van der Waals surface area (Å²) >= 11 is 3.07. The number of unbranched alkanes of at least 4 members (excludes halogenated alkanes) is 1. The second-order valence-electron chi connectivity index (χ2n) is 7.69. The highest BCUT2D eigenvalue weighted by molar-refractivity contribution is 7.20. The van der Waals surface area contributed by atoms with Crippen molar-refractivity contribution in [1.82, 2.24) is 14.5 Å². The summed E-state index contributed by atoms with van der Waals surface area (Å²) in [6, 6.07) is 3.94. The molecule has 0 radical (unpaired) electrons. The highest BCUT2D eigenvalue weighted by Crippen LogP contribution is 2.28. The molecule has 0 aliphatic rings. The molecule has 0 aromatic carbocycles. The van der Waals surface area contributed by atoms with Crippen molar-refractivity contribution in [3.8, 4) is 9.88 Å². The maximum Gasteiger partial charge on any atom is 0.330 e. The largest absolute Gasteiger partial charge is 0.383 e. The maximum atomic E-state index is 13.3. The van der Waals surface area contributed by atoms with E-state index in [4.69, 9.17) is 5.73 Å². The van der Waals surface area contributed by atoms with Crippen LogP contribution in [0.1, 0.15) is 39.3 Å². The van der Waals surface area contributed by atoms with Crippen LogP contribution in [0.4, 0.5) is 11.5 Å². The van der Waals surface area contributed by atoms with Crippen LogP contribution in [0.5, 0.6) is 0 Å². The zero-order valence-corrected chi connectivity index (χ0v) is 19.5. The number of H-pyrrole nitrogens is 1. The number of thiophene rings is 1. The number of thiazole rings is 1. The smallest absolute Gasteiger partial charge is 0.330 e. The topological polar surface area (TPSA) is 114 Å². The first-order chi connectivity index (χ1) is 14.8. The molecule has 10 heteroatoms. The summed E-state index contributed by atoms with van der Waals surface area (Å²) < 4.78 is 1.33. The van der Waals surface area contributed by atoms with Crippen LogP contribution in [0.3, 0.4) is 0 Å². The molecule has 0 saturated carbocycles. The summed E-state index contributed by atoms with van der Waals surface area (Å²) in [6.07, 6.45) is 1.64. The summed E-state index contributed by atoms with van der Waals surface area (Å²) in [5, 5.41) is 4.70. The average molecular weight is 462 g/mol. The van der Waals surface area contributed by atoms with Gasteiger partial charge >= 0.3 is 5.69 Å². The molecule has 0 atom stereocenters. The number of anilines is 2. The minimum absolute atomic E-state index is 0.0220. The van der Waals surface area contributed by atoms with Gasteiger partial charge in [-0.2, -0.15) is 0 Å². The van der Waals surface area contributed by atoms with Gasteiger partial charge < -0.3 is 10.6 Å². The monoisotopic (exact) mass is 461 g/mol. The van der Waals surface area contributed by atoms with Crippen LogP contribution in [0.25, 0.3) is 9.88 Å². The maximum absolute atomic E-state index is 13.3. The number of carbonyl (C=O) groups is 1. The number of amides is 1. The first-order valence-electron chi connectivity index (χ1n) is 10.2. The molecule has 3 rings (SSSR count). The molecule has 0 saturated heterocycles. The van der Waals surface area contributed by atoms with Gasteiger partial charge in [0.15, 0.2) is 5.69 Å². The molecule has 31 heavy (non-hydrogen) atoms. The van der Waals surface area contributed by atoms with Crippen LogP contribution in [0, 0.1) is 5.92 Å². The number of carbonyl (C=O) groups excluding carboxylic acids is 1. The van der Waals surface area contributed by atoms with Gasteiger partial charge in [-0.3, -0.25) is 19.1 Å². The first kappa shape index (κ1) is 23.0. The minimum Gasteiger partial charge on any atom is -0.383 e. The average Bonchev–Trinajstić information content (AvgIpc) is 3.38. The Balaban J connectivity index is 1.94. The van der Waals surface area contributed by atoms with Crippen LogP contribution in [-0.2, 0) is 17.8 Å². The van der Waals surface area contributed by atoms with Gasteiger partial charge in [-0.1, -0.05) is 33.3 Å². The van der Waals surface area contributed by atoms with Crippen molar-refractivity contribution in [3.63, 3.8) is 0 Å². The lowest BCUT2D eigenvalue weighted by atomic mass is 10.1. The second kappa shape index (κ2) is 10.1. The molecule has 3 heterocycles. The molecule has 0 aliphatic carbocycles. The summed E-state index contributed by atoms with van der Waals surface area (Å²) in [7, 11) is 0. The Morgan fingerprint density at radius 1 is 1.32 bits per heavy atom. The van der Waals surface area contributed by atoms with Crippen LogP contribution < -0.4 is 21.9 Å². The fourth-order valence-corrected chi connectivity index (χ4v) is 4.85. The molecule has 0 spiro atoms. The Hall–Kier alpha value is -2.72. The van der Waals surface area contributed by atoms with Crippen molar-refractivity contribution in [2.45, 2.75) is 46.6 Å². The normalized spacial score (nSPS) is 11.2. The quantitative estimate of drug-likeness (QED) is 0.507. The van der Waals surface area contributed by atoms with Crippen LogP contribution in [0.15, 0.2) is 32.5 Å². The molecular formula is C21H27N5O3S2. The van der Waals surface area contributed by atoms with E-state index < -0.39 is 11.2 Å². The third-order valence-electron chi connectivity index (χ3n) is 4.68. The standard InChI is InChI=1S/C21H27N5O3S2/c1-4-5-8-25-18(22)17(19(28)24-21(25)29)26(11-13(2)3)16(27)10-14-12-31-20(23-14)15-7-6-9-30-15/h6-7,9,12-13H,4-5,8,10-11,22H2,1-3H3,(H,24,28,29). The van der Waals surface area contributed by atoms with Gasteiger partial charge in [-0.15, -0.1) is 22.7 Å². The van der Waals surface area contributed by atoms with E-state index in [-0.39, 0.29) is 29.8 Å². The molecular weight excluding hydrogens is 434 g/mol. The molecule has 0 bridgehead atoms. The molecule has 3 N–H and O–H groups in total. The number of rotatable bonds is 9.